The lowest BCUT2D eigenvalue weighted by Gasteiger charge is -2.30. The van der Waals surface area contributed by atoms with Crippen LogP contribution in [0, 0.1) is 13.8 Å². The minimum absolute atomic E-state index is 0.0925. The number of halogens is 1. The Balaban J connectivity index is 1.91. The molecular weight excluding hydrogens is 569 g/mol. The zero-order valence-corrected chi connectivity index (χ0v) is 22.0. The van der Waals surface area contributed by atoms with Crippen LogP contribution in [-0.4, -0.2) is 31.6 Å². The van der Waals surface area contributed by atoms with Crippen molar-refractivity contribution in [3.63, 3.8) is 0 Å². The second kappa shape index (κ2) is 9.32. The highest BCUT2D eigenvalue weighted by molar-refractivity contribution is 14.1. The fourth-order valence-electron chi connectivity index (χ4n) is 3.97. The average Bonchev–Trinajstić information content (AvgIpc) is 3.22. The Morgan fingerprint density at radius 2 is 1.27 bits per heavy atom. The summed E-state index contributed by atoms with van der Waals surface area (Å²) in [4.78, 5) is 0.392. The molecule has 0 aromatic heterocycles. The molecule has 33 heavy (non-hydrogen) atoms. The van der Waals surface area contributed by atoms with Gasteiger partial charge in [-0.05, 0) is 49.8 Å². The Morgan fingerprint density at radius 3 is 1.79 bits per heavy atom. The van der Waals surface area contributed by atoms with Crippen LogP contribution >= 0.6 is 22.6 Å². The number of nitrogens with zero attached hydrogens (tertiary/aromatic N) is 1. The van der Waals surface area contributed by atoms with E-state index in [-0.39, 0.29) is 14.7 Å². The van der Waals surface area contributed by atoms with Crippen LogP contribution in [0.4, 0.5) is 0 Å². The van der Waals surface area contributed by atoms with Gasteiger partial charge < -0.3 is 0 Å². The van der Waals surface area contributed by atoms with Crippen LogP contribution in [0.25, 0.3) is 0 Å². The average molecular weight is 594 g/mol. The Labute approximate surface area is 209 Å². The van der Waals surface area contributed by atoms with Gasteiger partial charge in [0.15, 0.2) is 0 Å². The molecule has 0 aliphatic carbocycles. The molecule has 3 aromatic rings. The minimum atomic E-state index is -3.98. The lowest BCUT2D eigenvalue weighted by molar-refractivity contribution is 0.362. The van der Waals surface area contributed by atoms with Gasteiger partial charge in [-0.3, -0.25) is 0 Å². The third-order valence-corrected chi connectivity index (χ3v) is 10.4. The molecule has 3 aromatic carbocycles. The highest BCUT2D eigenvalue weighted by Crippen LogP contribution is 2.45. The number of sulfonamides is 1. The van der Waals surface area contributed by atoms with E-state index in [4.69, 9.17) is 0 Å². The van der Waals surface area contributed by atoms with Crippen molar-refractivity contribution in [2.24, 2.45) is 0 Å². The van der Waals surface area contributed by atoms with E-state index in [1.165, 1.54) is 4.31 Å². The Bertz CT molecular complexity index is 1380. The van der Waals surface area contributed by atoms with Crippen molar-refractivity contribution in [3.05, 3.63) is 107 Å². The molecule has 1 aliphatic rings. The van der Waals surface area contributed by atoms with E-state index in [1.54, 1.807) is 78.9 Å². The molecule has 172 valence electrons. The molecular formula is C25H24INO4S2. The van der Waals surface area contributed by atoms with Crippen molar-refractivity contribution in [2.45, 2.75) is 35.7 Å². The summed E-state index contributed by atoms with van der Waals surface area (Å²) < 4.78 is 57.0. The molecule has 1 heterocycles. The number of hydrogen-bond acceptors (Lipinski definition) is 4. The van der Waals surface area contributed by atoms with Crippen molar-refractivity contribution in [1.29, 1.82) is 0 Å². The van der Waals surface area contributed by atoms with E-state index in [1.807, 2.05) is 19.9 Å². The molecule has 0 unspecified atom stereocenters. The number of alkyl halides is 1. The maximum absolute atomic E-state index is 13.8. The molecule has 0 saturated heterocycles. The molecule has 0 spiro atoms. The van der Waals surface area contributed by atoms with E-state index in [0.717, 1.165) is 11.1 Å². The Kier molecular flexibility index (Phi) is 6.82. The first-order valence-electron chi connectivity index (χ1n) is 10.4. The summed E-state index contributed by atoms with van der Waals surface area (Å²) in [6, 6.07) is 20.7. The van der Waals surface area contributed by atoms with E-state index >= 15 is 0 Å². The second-order valence-electron chi connectivity index (χ2n) is 8.07. The topological polar surface area (TPSA) is 71.5 Å². The van der Waals surface area contributed by atoms with Gasteiger partial charge in [0.05, 0.1) is 26.8 Å². The summed E-state index contributed by atoms with van der Waals surface area (Å²) in [6.45, 7) is 3.78. The van der Waals surface area contributed by atoms with Crippen LogP contribution in [-0.2, 0) is 19.9 Å². The minimum Gasteiger partial charge on any atom is -0.219 e. The third kappa shape index (κ3) is 4.53. The van der Waals surface area contributed by atoms with E-state index in [9.17, 15) is 16.8 Å². The van der Waals surface area contributed by atoms with Crippen LogP contribution in [0.2, 0.25) is 0 Å². The fourth-order valence-corrected chi connectivity index (χ4v) is 8.36. The molecule has 0 bridgehead atoms. The van der Waals surface area contributed by atoms with Crippen LogP contribution in [0.5, 0.6) is 0 Å². The fraction of sp³-hybridized carbons (Fsp3) is 0.200. The SMILES string of the molecule is Cc1ccc(S(=O)(=O)C2=C[C@H](CI)N(S(=O)(=O)c3ccc(C)cc3)[C@H]2c2ccccc2)cc1. The predicted molar refractivity (Wildman–Crippen MR) is 139 cm³/mol. The largest absolute Gasteiger partial charge is 0.244 e. The van der Waals surface area contributed by atoms with Crippen LogP contribution < -0.4 is 0 Å². The van der Waals surface area contributed by atoms with Gasteiger partial charge in [0.2, 0.25) is 19.9 Å². The lowest BCUT2D eigenvalue weighted by Crippen LogP contribution is -2.39. The zero-order chi connectivity index (χ0) is 23.8. The van der Waals surface area contributed by atoms with Crippen molar-refractivity contribution >= 4 is 42.5 Å². The maximum atomic E-state index is 13.8. The number of aryl methyl sites for hydroxylation is 2. The van der Waals surface area contributed by atoms with Crippen LogP contribution in [0.1, 0.15) is 22.7 Å². The Hall–Kier alpha value is -2.01. The van der Waals surface area contributed by atoms with Gasteiger partial charge in [-0.25, -0.2) is 16.8 Å². The van der Waals surface area contributed by atoms with Gasteiger partial charge in [0.25, 0.3) is 0 Å². The van der Waals surface area contributed by atoms with Crippen molar-refractivity contribution in [2.75, 3.05) is 4.43 Å². The lowest BCUT2D eigenvalue weighted by atomic mass is 10.1. The zero-order valence-electron chi connectivity index (χ0n) is 18.2. The monoisotopic (exact) mass is 593 g/mol. The summed E-state index contributed by atoms with van der Waals surface area (Å²) in [5, 5.41) is 0. The van der Waals surface area contributed by atoms with Gasteiger partial charge in [-0.1, -0.05) is 88.3 Å². The summed E-state index contributed by atoms with van der Waals surface area (Å²) in [6.07, 6.45) is 1.60. The van der Waals surface area contributed by atoms with Crippen LogP contribution in [0.15, 0.2) is 99.6 Å². The van der Waals surface area contributed by atoms with E-state index in [0.29, 0.717) is 9.99 Å². The standard InChI is InChI=1S/C25H24INO4S2/c1-18-8-12-22(13-9-18)32(28,29)24-16-21(17-26)27(25(24)20-6-4-3-5-7-20)33(30,31)23-14-10-19(2)11-15-23/h3-16,21,25H,17H2,1-2H3/t21-,25+/m1/s1. The third-order valence-electron chi connectivity index (χ3n) is 5.72. The first kappa shape index (κ1) is 24.1. The first-order chi connectivity index (χ1) is 15.7. The molecule has 0 saturated carbocycles. The quantitative estimate of drug-likeness (QED) is 0.291. The van der Waals surface area contributed by atoms with Gasteiger partial charge >= 0.3 is 0 Å². The van der Waals surface area contributed by atoms with Crippen LogP contribution in [0.3, 0.4) is 0 Å². The van der Waals surface area contributed by atoms with Gasteiger partial charge in [0, 0.05) is 4.43 Å². The van der Waals surface area contributed by atoms with Gasteiger partial charge in [-0.15, -0.1) is 0 Å². The normalized spacial score (nSPS) is 19.4. The summed E-state index contributed by atoms with van der Waals surface area (Å²) >= 11 is 2.11. The number of hydrogen-bond donors (Lipinski definition) is 0. The smallest absolute Gasteiger partial charge is 0.219 e. The van der Waals surface area contributed by atoms with E-state index < -0.39 is 31.9 Å². The maximum Gasteiger partial charge on any atom is 0.244 e. The Morgan fingerprint density at radius 1 is 0.758 bits per heavy atom. The summed E-state index contributed by atoms with van der Waals surface area (Å²) in [5.41, 5.74) is 2.51. The number of sulfone groups is 1. The number of rotatable bonds is 6. The first-order valence-corrected chi connectivity index (χ1v) is 14.9. The van der Waals surface area contributed by atoms with Crippen molar-refractivity contribution in [3.8, 4) is 0 Å². The molecule has 0 radical (unpaired) electrons. The molecule has 0 amide bonds. The van der Waals surface area contributed by atoms with Gasteiger partial charge in [-0.2, -0.15) is 4.31 Å². The molecule has 2 atom stereocenters. The molecule has 0 N–H and O–H groups in total. The van der Waals surface area contributed by atoms with E-state index in [2.05, 4.69) is 22.6 Å². The number of benzene rings is 3. The highest BCUT2D eigenvalue weighted by atomic mass is 127. The molecule has 8 heteroatoms. The summed E-state index contributed by atoms with van der Waals surface area (Å²) in [7, 11) is -7.91. The highest BCUT2D eigenvalue weighted by Gasteiger charge is 2.47. The molecule has 5 nitrogen and oxygen atoms in total. The van der Waals surface area contributed by atoms with Gasteiger partial charge in [0.1, 0.15) is 0 Å². The predicted octanol–water partition coefficient (Wildman–Crippen LogP) is 5.21. The molecule has 1 aliphatic heterocycles. The van der Waals surface area contributed by atoms with Crippen molar-refractivity contribution in [1.82, 2.24) is 4.31 Å². The second-order valence-corrected chi connectivity index (χ2v) is 12.7. The molecule has 4 rings (SSSR count). The summed E-state index contributed by atoms with van der Waals surface area (Å²) in [5.74, 6) is 0. The van der Waals surface area contributed by atoms with Crippen molar-refractivity contribution < 1.29 is 16.8 Å². The molecule has 0 fully saturated rings.